The number of ether oxygens (including phenoxy) is 1. The molecule has 0 spiro atoms. The predicted octanol–water partition coefficient (Wildman–Crippen LogP) is 3.68. The van der Waals surface area contributed by atoms with Crippen molar-refractivity contribution < 1.29 is 18.7 Å². The van der Waals surface area contributed by atoms with Crippen LogP contribution in [0.1, 0.15) is 17.3 Å². The van der Waals surface area contributed by atoms with Gasteiger partial charge in [-0.3, -0.25) is 9.59 Å². The van der Waals surface area contributed by atoms with E-state index < -0.39 is 0 Å². The largest absolute Gasteiger partial charge is 0.497 e. The number of hydrogen-bond donors (Lipinski definition) is 1. The molecular formula is C19H17N3O4S. The van der Waals surface area contributed by atoms with Crippen LogP contribution in [0.5, 0.6) is 5.75 Å². The van der Waals surface area contributed by atoms with E-state index in [1.165, 1.54) is 6.92 Å². The number of carbonyl (C=O) groups excluding carboxylic acids is 2. The maximum Gasteiger partial charge on any atom is 0.277 e. The molecule has 0 unspecified atom stereocenters. The van der Waals surface area contributed by atoms with E-state index in [2.05, 4.69) is 15.5 Å². The highest BCUT2D eigenvalue weighted by Crippen LogP contribution is 2.25. The number of carbonyl (C=O) groups is 2. The first-order valence-electron chi connectivity index (χ1n) is 8.07. The number of nitrogens with one attached hydrogen (secondary N) is 1. The highest BCUT2D eigenvalue weighted by Gasteiger charge is 2.13. The SMILES string of the molecule is COc1ccc(-c2nnc(SCC(=O)Nc3ccccc3C(C)=O)o2)cc1. The Morgan fingerprint density at radius 2 is 1.85 bits per heavy atom. The zero-order valence-corrected chi connectivity index (χ0v) is 15.6. The molecule has 0 atom stereocenters. The average molecular weight is 383 g/mol. The molecule has 3 rings (SSSR count). The number of rotatable bonds is 7. The van der Waals surface area contributed by atoms with Crippen LogP contribution in [0.25, 0.3) is 11.5 Å². The standard InChI is InChI=1S/C19H17N3O4S/c1-12(23)15-5-3-4-6-16(15)20-17(24)11-27-19-22-21-18(26-19)13-7-9-14(25-2)10-8-13/h3-10H,11H2,1-2H3,(H,20,24). The number of thioether (sulfide) groups is 1. The van der Waals surface area contributed by atoms with Crippen LogP contribution in [0.15, 0.2) is 58.2 Å². The Morgan fingerprint density at radius 3 is 2.56 bits per heavy atom. The van der Waals surface area contributed by atoms with E-state index in [1.807, 2.05) is 12.1 Å². The van der Waals surface area contributed by atoms with Gasteiger partial charge in [0.15, 0.2) is 5.78 Å². The molecule has 0 aliphatic rings. The average Bonchev–Trinajstić information content (AvgIpc) is 3.16. The van der Waals surface area contributed by atoms with Crippen molar-refractivity contribution in [3.63, 3.8) is 0 Å². The van der Waals surface area contributed by atoms with Crippen LogP contribution < -0.4 is 10.1 Å². The Hall–Kier alpha value is -3.13. The van der Waals surface area contributed by atoms with Crippen LogP contribution in [0, 0.1) is 0 Å². The zero-order valence-electron chi connectivity index (χ0n) is 14.8. The molecule has 2 aromatic carbocycles. The lowest BCUT2D eigenvalue weighted by atomic mass is 10.1. The Labute approximate surface area is 160 Å². The monoisotopic (exact) mass is 383 g/mol. The smallest absolute Gasteiger partial charge is 0.277 e. The first-order chi connectivity index (χ1) is 13.1. The van der Waals surface area contributed by atoms with Gasteiger partial charge in [-0.25, -0.2) is 0 Å². The normalized spacial score (nSPS) is 10.4. The minimum Gasteiger partial charge on any atom is -0.497 e. The van der Waals surface area contributed by atoms with Crippen molar-refractivity contribution in [1.29, 1.82) is 0 Å². The van der Waals surface area contributed by atoms with Crippen molar-refractivity contribution in [1.82, 2.24) is 10.2 Å². The van der Waals surface area contributed by atoms with E-state index in [9.17, 15) is 9.59 Å². The summed E-state index contributed by atoms with van der Waals surface area (Å²) in [6.07, 6.45) is 0. The molecule has 0 radical (unpaired) electrons. The fraction of sp³-hybridized carbons (Fsp3) is 0.158. The Morgan fingerprint density at radius 1 is 1.11 bits per heavy atom. The number of nitrogens with zero attached hydrogens (tertiary/aromatic N) is 2. The number of methoxy groups -OCH3 is 1. The molecule has 0 saturated heterocycles. The van der Waals surface area contributed by atoms with Crippen molar-refractivity contribution in [2.75, 3.05) is 18.2 Å². The summed E-state index contributed by atoms with van der Waals surface area (Å²) in [5.41, 5.74) is 1.71. The number of hydrogen-bond acceptors (Lipinski definition) is 7. The molecular weight excluding hydrogens is 366 g/mol. The molecule has 7 nitrogen and oxygen atoms in total. The first-order valence-corrected chi connectivity index (χ1v) is 9.06. The molecule has 8 heteroatoms. The number of aromatic nitrogens is 2. The van der Waals surface area contributed by atoms with Crippen molar-refractivity contribution >= 4 is 29.1 Å². The summed E-state index contributed by atoms with van der Waals surface area (Å²) >= 11 is 1.12. The van der Waals surface area contributed by atoms with Gasteiger partial charge in [-0.2, -0.15) is 0 Å². The topological polar surface area (TPSA) is 94.3 Å². The minimum atomic E-state index is -0.266. The molecule has 1 N–H and O–H groups in total. The first kappa shape index (κ1) is 18.7. The minimum absolute atomic E-state index is 0.0798. The van der Waals surface area contributed by atoms with E-state index in [0.717, 1.165) is 23.1 Å². The van der Waals surface area contributed by atoms with E-state index in [1.54, 1.807) is 43.5 Å². The van der Waals surface area contributed by atoms with Gasteiger partial charge in [0.25, 0.3) is 5.22 Å². The van der Waals surface area contributed by atoms with Gasteiger partial charge in [0.2, 0.25) is 11.8 Å². The summed E-state index contributed by atoms with van der Waals surface area (Å²) in [6, 6.07) is 14.1. The fourth-order valence-corrected chi connectivity index (χ4v) is 2.89. The maximum atomic E-state index is 12.2. The Kier molecular flexibility index (Phi) is 5.87. The lowest BCUT2D eigenvalue weighted by Crippen LogP contribution is -2.16. The van der Waals surface area contributed by atoms with E-state index in [-0.39, 0.29) is 22.7 Å². The summed E-state index contributed by atoms with van der Waals surface area (Å²) < 4.78 is 10.7. The number of para-hydroxylation sites is 1. The van der Waals surface area contributed by atoms with Crippen LogP contribution in [-0.4, -0.2) is 34.8 Å². The quantitative estimate of drug-likeness (QED) is 0.491. The van der Waals surface area contributed by atoms with Gasteiger partial charge >= 0.3 is 0 Å². The summed E-state index contributed by atoms with van der Waals surface area (Å²) in [5.74, 6) is 0.798. The third-order valence-corrected chi connectivity index (χ3v) is 4.47. The lowest BCUT2D eigenvalue weighted by molar-refractivity contribution is -0.113. The lowest BCUT2D eigenvalue weighted by Gasteiger charge is -2.08. The molecule has 1 heterocycles. The number of Topliss-reactive ketones (excluding diaryl/α,β-unsaturated/α-hetero) is 1. The van der Waals surface area contributed by atoms with Gasteiger partial charge in [-0.1, -0.05) is 23.9 Å². The van der Waals surface area contributed by atoms with Crippen molar-refractivity contribution in [3.8, 4) is 17.2 Å². The van der Waals surface area contributed by atoms with Gasteiger partial charge in [-0.05, 0) is 43.3 Å². The molecule has 27 heavy (non-hydrogen) atoms. The van der Waals surface area contributed by atoms with Gasteiger partial charge in [0.05, 0.1) is 18.6 Å². The van der Waals surface area contributed by atoms with Crippen molar-refractivity contribution in [3.05, 3.63) is 54.1 Å². The number of benzene rings is 2. The summed E-state index contributed by atoms with van der Waals surface area (Å²) in [4.78, 5) is 23.8. The summed E-state index contributed by atoms with van der Waals surface area (Å²) in [5, 5.41) is 10.9. The van der Waals surface area contributed by atoms with E-state index in [4.69, 9.17) is 9.15 Å². The van der Waals surface area contributed by atoms with Crippen molar-refractivity contribution in [2.24, 2.45) is 0 Å². The molecule has 3 aromatic rings. The maximum absolute atomic E-state index is 12.2. The van der Waals surface area contributed by atoms with Gasteiger partial charge in [0.1, 0.15) is 5.75 Å². The Balaban J connectivity index is 1.60. The Bertz CT molecular complexity index is 954. The number of ketones is 1. The van der Waals surface area contributed by atoms with Gasteiger partial charge in [0, 0.05) is 11.1 Å². The highest BCUT2D eigenvalue weighted by atomic mass is 32.2. The van der Waals surface area contributed by atoms with Crippen LogP contribution in [0.2, 0.25) is 0 Å². The third kappa shape index (κ3) is 4.73. The molecule has 0 saturated carbocycles. The summed E-state index contributed by atoms with van der Waals surface area (Å²) in [7, 11) is 1.59. The summed E-state index contributed by atoms with van der Waals surface area (Å²) in [6.45, 7) is 1.46. The predicted molar refractivity (Wildman–Crippen MR) is 102 cm³/mol. The molecule has 138 valence electrons. The van der Waals surface area contributed by atoms with E-state index in [0.29, 0.717) is 17.1 Å². The van der Waals surface area contributed by atoms with Crippen LogP contribution in [0.3, 0.4) is 0 Å². The van der Waals surface area contributed by atoms with Crippen LogP contribution in [-0.2, 0) is 4.79 Å². The molecule has 1 aromatic heterocycles. The van der Waals surface area contributed by atoms with E-state index >= 15 is 0 Å². The fourth-order valence-electron chi connectivity index (χ4n) is 2.33. The third-order valence-electron chi connectivity index (χ3n) is 3.65. The second kappa shape index (κ2) is 8.50. The second-order valence-corrected chi connectivity index (χ2v) is 6.47. The van der Waals surface area contributed by atoms with Crippen molar-refractivity contribution in [2.45, 2.75) is 12.1 Å². The van der Waals surface area contributed by atoms with Crippen LogP contribution in [0.4, 0.5) is 5.69 Å². The zero-order chi connectivity index (χ0) is 19.2. The molecule has 0 aliphatic carbocycles. The molecule has 0 fully saturated rings. The highest BCUT2D eigenvalue weighted by molar-refractivity contribution is 7.99. The van der Waals surface area contributed by atoms with Crippen LogP contribution >= 0.6 is 11.8 Å². The number of anilines is 1. The molecule has 0 bridgehead atoms. The molecule has 0 aliphatic heterocycles. The molecule has 1 amide bonds. The second-order valence-electron chi connectivity index (χ2n) is 5.54. The van der Waals surface area contributed by atoms with Gasteiger partial charge in [-0.15, -0.1) is 10.2 Å². The number of amides is 1. The van der Waals surface area contributed by atoms with Gasteiger partial charge < -0.3 is 14.5 Å².